The normalized spacial score (nSPS) is 10.6. The Hall–Kier alpha value is -2.76. The van der Waals surface area contributed by atoms with E-state index in [9.17, 15) is 14.7 Å². The molecule has 0 aromatic heterocycles. The maximum atomic E-state index is 12.1. The number of aromatic carboxylic acids is 1. The number of rotatable bonds is 6. The Kier molecular flexibility index (Phi) is 5.84. The third kappa shape index (κ3) is 4.70. The molecule has 0 unspecified atom stereocenters. The molecule has 0 fully saturated rings. The van der Waals surface area contributed by atoms with Gasteiger partial charge in [-0.2, -0.15) is 0 Å². The van der Waals surface area contributed by atoms with E-state index in [4.69, 9.17) is 23.2 Å². The van der Waals surface area contributed by atoms with Gasteiger partial charge in [0.25, 0.3) is 0 Å². The lowest BCUT2D eigenvalue weighted by atomic mass is 10.0. The standard InChI is InChI=1S/C20H16Cl2N2O3/c21-15-7-13-6-14(20(26)27)8-17(19(13)16(22)9-15)23-11-18(25)24-10-12-4-2-1-3-5-12/h1-9,23H,10-11H2,(H,24,25)(H,26,27). The Labute approximate surface area is 165 Å². The van der Waals surface area contributed by atoms with Crippen LogP contribution in [0.3, 0.4) is 0 Å². The molecule has 3 rings (SSSR count). The number of carboxylic acids is 1. The molecule has 7 heteroatoms. The minimum Gasteiger partial charge on any atom is -0.478 e. The van der Waals surface area contributed by atoms with Gasteiger partial charge in [0.1, 0.15) is 0 Å². The van der Waals surface area contributed by atoms with Crippen LogP contribution in [0.4, 0.5) is 5.69 Å². The molecule has 0 heterocycles. The fourth-order valence-corrected chi connectivity index (χ4v) is 3.34. The maximum Gasteiger partial charge on any atom is 0.335 e. The molecular weight excluding hydrogens is 387 g/mol. The summed E-state index contributed by atoms with van der Waals surface area (Å²) in [5, 5.41) is 17.1. The highest BCUT2D eigenvalue weighted by molar-refractivity contribution is 6.39. The Bertz CT molecular complexity index is 1010. The van der Waals surface area contributed by atoms with Crippen molar-refractivity contribution in [3.05, 3.63) is 75.8 Å². The first-order valence-corrected chi connectivity index (χ1v) is 8.90. The highest BCUT2D eigenvalue weighted by Gasteiger charge is 2.13. The van der Waals surface area contributed by atoms with Crippen molar-refractivity contribution in [1.82, 2.24) is 5.32 Å². The smallest absolute Gasteiger partial charge is 0.335 e. The van der Waals surface area contributed by atoms with Crippen LogP contribution >= 0.6 is 23.2 Å². The Balaban J connectivity index is 1.79. The van der Waals surface area contributed by atoms with E-state index in [1.165, 1.54) is 12.1 Å². The van der Waals surface area contributed by atoms with Crippen molar-refractivity contribution >= 4 is 51.5 Å². The van der Waals surface area contributed by atoms with Gasteiger partial charge >= 0.3 is 5.97 Å². The van der Waals surface area contributed by atoms with Crippen LogP contribution in [-0.4, -0.2) is 23.5 Å². The zero-order valence-corrected chi connectivity index (χ0v) is 15.6. The summed E-state index contributed by atoms with van der Waals surface area (Å²) in [6.07, 6.45) is 0. The van der Waals surface area contributed by atoms with E-state index in [-0.39, 0.29) is 18.0 Å². The SMILES string of the molecule is O=C(CNc1cc(C(=O)O)cc2cc(Cl)cc(Cl)c12)NCc1ccccc1. The first-order chi connectivity index (χ1) is 12.9. The number of carbonyl (C=O) groups excluding carboxylic acids is 1. The van der Waals surface area contributed by atoms with Crippen LogP contribution in [-0.2, 0) is 11.3 Å². The lowest BCUT2D eigenvalue weighted by Crippen LogP contribution is -2.29. The van der Waals surface area contributed by atoms with E-state index < -0.39 is 5.97 Å². The van der Waals surface area contributed by atoms with E-state index in [1.807, 2.05) is 30.3 Å². The van der Waals surface area contributed by atoms with Crippen molar-refractivity contribution in [2.75, 3.05) is 11.9 Å². The molecule has 0 saturated heterocycles. The van der Waals surface area contributed by atoms with Gasteiger partial charge in [-0.05, 0) is 35.2 Å². The molecule has 3 N–H and O–H groups in total. The molecule has 138 valence electrons. The Morgan fingerprint density at radius 3 is 2.44 bits per heavy atom. The maximum absolute atomic E-state index is 12.1. The summed E-state index contributed by atoms with van der Waals surface area (Å²) in [4.78, 5) is 23.5. The molecule has 3 aromatic carbocycles. The molecule has 0 aliphatic heterocycles. The van der Waals surface area contributed by atoms with Crippen LogP contribution < -0.4 is 10.6 Å². The Morgan fingerprint density at radius 2 is 1.74 bits per heavy atom. The summed E-state index contributed by atoms with van der Waals surface area (Å²) in [5.41, 5.74) is 1.52. The molecule has 0 saturated carbocycles. The first kappa shape index (κ1) is 19.0. The molecule has 0 aliphatic rings. The summed E-state index contributed by atoms with van der Waals surface area (Å²) in [5.74, 6) is -1.30. The molecule has 0 bridgehead atoms. The van der Waals surface area contributed by atoms with Crippen LogP contribution in [0.15, 0.2) is 54.6 Å². The van der Waals surface area contributed by atoms with E-state index in [2.05, 4.69) is 10.6 Å². The highest BCUT2D eigenvalue weighted by Crippen LogP contribution is 2.34. The summed E-state index contributed by atoms with van der Waals surface area (Å²) >= 11 is 12.3. The second-order valence-electron chi connectivity index (χ2n) is 5.93. The van der Waals surface area contributed by atoms with Crippen molar-refractivity contribution in [3.63, 3.8) is 0 Å². The van der Waals surface area contributed by atoms with Gasteiger partial charge in [-0.25, -0.2) is 4.79 Å². The number of fused-ring (bicyclic) bond motifs is 1. The highest BCUT2D eigenvalue weighted by atomic mass is 35.5. The second kappa shape index (κ2) is 8.29. The average Bonchev–Trinajstić information content (AvgIpc) is 2.64. The van der Waals surface area contributed by atoms with Crippen LogP contribution in [0.1, 0.15) is 15.9 Å². The summed E-state index contributed by atoms with van der Waals surface area (Å²) in [7, 11) is 0. The van der Waals surface area contributed by atoms with Crippen molar-refractivity contribution in [1.29, 1.82) is 0 Å². The van der Waals surface area contributed by atoms with Crippen LogP contribution in [0.2, 0.25) is 10.0 Å². The third-order valence-corrected chi connectivity index (χ3v) is 4.50. The summed E-state index contributed by atoms with van der Waals surface area (Å²) < 4.78 is 0. The fourth-order valence-electron chi connectivity index (χ4n) is 2.73. The fraction of sp³-hybridized carbons (Fsp3) is 0.100. The predicted octanol–water partition coefficient (Wildman–Crippen LogP) is 4.57. The van der Waals surface area contributed by atoms with Gasteiger partial charge in [0, 0.05) is 22.6 Å². The minimum atomic E-state index is -1.08. The number of carboxylic acid groups (broad SMARTS) is 1. The van der Waals surface area contributed by atoms with Crippen molar-refractivity contribution in [2.24, 2.45) is 0 Å². The first-order valence-electron chi connectivity index (χ1n) is 8.14. The average molecular weight is 403 g/mol. The molecule has 0 spiro atoms. The number of hydrogen-bond acceptors (Lipinski definition) is 3. The molecule has 5 nitrogen and oxygen atoms in total. The number of amides is 1. The number of benzene rings is 3. The van der Waals surface area contributed by atoms with Gasteiger partial charge < -0.3 is 15.7 Å². The van der Waals surface area contributed by atoms with E-state index >= 15 is 0 Å². The van der Waals surface area contributed by atoms with Crippen molar-refractivity contribution in [3.8, 4) is 0 Å². The number of hydrogen-bond donors (Lipinski definition) is 3. The van der Waals surface area contributed by atoms with Gasteiger partial charge in [-0.1, -0.05) is 53.5 Å². The van der Waals surface area contributed by atoms with Gasteiger partial charge in [-0.15, -0.1) is 0 Å². The third-order valence-electron chi connectivity index (χ3n) is 3.98. The lowest BCUT2D eigenvalue weighted by Gasteiger charge is -2.13. The lowest BCUT2D eigenvalue weighted by molar-refractivity contribution is -0.119. The van der Waals surface area contributed by atoms with E-state index in [0.29, 0.717) is 33.0 Å². The van der Waals surface area contributed by atoms with Gasteiger partial charge in [0.2, 0.25) is 5.91 Å². The molecule has 1 amide bonds. The Morgan fingerprint density at radius 1 is 1.00 bits per heavy atom. The zero-order valence-electron chi connectivity index (χ0n) is 14.1. The molecule has 0 atom stereocenters. The van der Waals surface area contributed by atoms with E-state index in [1.54, 1.807) is 12.1 Å². The minimum absolute atomic E-state index is 0.0238. The van der Waals surface area contributed by atoms with Gasteiger partial charge in [0.15, 0.2) is 0 Å². The second-order valence-corrected chi connectivity index (χ2v) is 6.77. The van der Waals surface area contributed by atoms with Crippen LogP contribution in [0, 0.1) is 0 Å². The number of anilines is 1. The quantitative estimate of drug-likeness (QED) is 0.563. The molecule has 3 aromatic rings. The van der Waals surface area contributed by atoms with Crippen molar-refractivity contribution < 1.29 is 14.7 Å². The van der Waals surface area contributed by atoms with Gasteiger partial charge in [0.05, 0.1) is 17.1 Å². The predicted molar refractivity (Wildman–Crippen MR) is 108 cm³/mol. The molecular formula is C20H16Cl2N2O3. The largest absolute Gasteiger partial charge is 0.478 e. The molecule has 0 radical (unpaired) electrons. The number of nitrogens with one attached hydrogen (secondary N) is 2. The van der Waals surface area contributed by atoms with Gasteiger partial charge in [-0.3, -0.25) is 4.79 Å². The topological polar surface area (TPSA) is 78.4 Å². The van der Waals surface area contributed by atoms with Crippen molar-refractivity contribution in [2.45, 2.75) is 6.54 Å². The van der Waals surface area contributed by atoms with Crippen LogP contribution in [0.5, 0.6) is 0 Å². The van der Waals surface area contributed by atoms with Crippen LogP contribution in [0.25, 0.3) is 10.8 Å². The number of halogens is 2. The summed E-state index contributed by atoms with van der Waals surface area (Å²) in [6, 6.07) is 15.7. The summed E-state index contributed by atoms with van der Waals surface area (Å²) in [6.45, 7) is 0.387. The zero-order chi connectivity index (χ0) is 19.4. The number of carbonyl (C=O) groups is 2. The monoisotopic (exact) mass is 402 g/mol. The van der Waals surface area contributed by atoms with E-state index in [0.717, 1.165) is 5.56 Å². The molecule has 27 heavy (non-hydrogen) atoms. The molecule has 0 aliphatic carbocycles.